The monoisotopic (exact) mass is 518 g/mol. The summed E-state index contributed by atoms with van der Waals surface area (Å²) >= 11 is 2.39. The van der Waals surface area contributed by atoms with Gasteiger partial charge in [0.25, 0.3) is 0 Å². The van der Waals surface area contributed by atoms with Crippen LogP contribution in [-0.4, -0.2) is 28.1 Å². The predicted octanol–water partition coefficient (Wildman–Crippen LogP) is 7.21. The molecule has 0 saturated carbocycles. The first-order valence-electron chi connectivity index (χ1n) is 10.1. The summed E-state index contributed by atoms with van der Waals surface area (Å²) < 4.78 is 19.4. The van der Waals surface area contributed by atoms with Gasteiger partial charge in [-0.15, -0.1) is 0 Å². The third kappa shape index (κ3) is 8.17. The van der Waals surface area contributed by atoms with Crippen LogP contribution in [0.2, 0.25) is 18.1 Å². The van der Waals surface area contributed by atoms with Gasteiger partial charge in [-0.2, -0.15) is 0 Å². The van der Waals surface area contributed by atoms with E-state index in [0.29, 0.717) is 25.0 Å². The van der Waals surface area contributed by atoms with Gasteiger partial charge in [-0.25, -0.2) is 0 Å². The summed E-state index contributed by atoms with van der Waals surface area (Å²) in [5, 5.41) is 0.192. The fourth-order valence-electron chi connectivity index (χ4n) is 2.90. The number of ether oxygens (including phenoxy) is 2. The molecule has 0 aliphatic rings. The molecule has 3 atom stereocenters. The van der Waals surface area contributed by atoms with Crippen molar-refractivity contribution >= 4 is 30.9 Å². The number of benzene rings is 1. The molecule has 1 aromatic carbocycles. The van der Waals surface area contributed by atoms with Gasteiger partial charge in [0, 0.05) is 11.8 Å². The van der Waals surface area contributed by atoms with Gasteiger partial charge >= 0.3 is 0 Å². The maximum atomic E-state index is 6.85. The maximum absolute atomic E-state index is 6.85. The van der Waals surface area contributed by atoms with Crippen molar-refractivity contribution in [2.75, 3.05) is 13.7 Å². The number of methoxy groups -OCH3 is 1. The highest BCUT2D eigenvalue weighted by Crippen LogP contribution is 2.39. The van der Waals surface area contributed by atoms with Crippen molar-refractivity contribution in [3.05, 3.63) is 39.5 Å². The van der Waals surface area contributed by atoms with E-state index in [9.17, 15) is 0 Å². The van der Waals surface area contributed by atoms with E-state index in [4.69, 9.17) is 13.9 Å². The lowest BCUT2D eigenvalue weighted by molar-refractivity contribution is 0.0194. The molecule has 28 heavy (non-hydrogen) atoms. The average Bonchev–Trinajstić information content (AvgIpc) is 2.58. The number of rotatable bonds is 10. The molecule has 5 heteroatoms. The van der Waals surface area contributed by atoms with Crippen LogP contribution in [0.3, 0.4) is 0 Å². The van der Waals surface area contributed by atoms with Gasteiger partial charge in [0.05, 0.1) is 26.4 Å². The molecule has 0 N–H and O–H groups in total. The van der Waals surface area contributed by atoms with Crippen LogP contribution in [0.25, 0.3) is 0 Å². The van der Waals surface area contributed by atoms with Crippen LogP contribution in [-0.2, 0) is 15.8 Å². The normalized spacial score (nSPS) is 16.6. The van der Waals surface area contributed by atoms with Gasteiger partial charge in [-0.05, 0) is 68.9 Å². The molecule has 0 aromatic heterocycles. The van der Waals surface area contributed by atoms with Gasteiger partial charge < -0.3 is 13.9 Å². The second kappa shape index (κ2) is 11.1. The minimum Gasteiger partial charge on any atom is -0.497 e. The van der Waals surface area contributed by atoms with Crippen LogP contribution in [0, 0.1) is 11.8 Å². The first-order valence-corrected chi connectivity index (χ1v) is 14.1. The third-order valence-corrected chi connectivity index (χ3v) is 10.5. The predicted molar refractivity (Wildman–Crippen MR) is 131 cm³/mol. The number of hydrogen-bond acceptors (Lipinski definition) is 3. The van der Waals surface area contributed by atoms with E-state index < -0.39 is 8.32 Å². The minimum absolute atomic E-state index is 0.154. The summed E-state index contributed by atoms with van der Waals surface area (Å²) in [6.45, 7) is 19.5. The molecular formula is C23H39IO3Si. The minimum atomic E-state index is -1.86. The van der Waals surface area contributed by atoms with Crippen molar-refractivity contribution in [1.82, 2.24) is 0 Å². The Morgan fingerprint density at radius 1 is 1.14 bits per heavy atom. The fraction of sp³-hybridized carbons (Fsp3) is 0.652. The standard InChI is InChI=1S/C23H39IO3Si/c1-17(14-19(3)24)22(27-28(8,9)23(4,5)6)18(2)15-26-16-20-10-12-21(25-7)13-11-20/h10-14,17-18,22H,15-16H2,1-9H3/b19-14-/t17-,18-,22-/m0/s1. The van der Waals surface area contributed by atoms with Crippen molar-refractivity contribution in [1.29, 1.82) is 0 Å². The fourth-order valence-corrected chi connectivity index (χ4v) is 4.94. The Bertz CT molecular complexity index is 616. The van der Waals surface area contributed by atoms with Crippen LogP contribution >= 0.6 is 22.6 Å². The summed E-state index contributed by atoms with van der Waals surface area (Å²) in [6, 6.07) is 8.05. The van der Waals surface area contributed by atoms with Crippen LogP contribution in [0.1, 0.15) is 47.1 Å². The molecule has 0 spiro atoms. The van der Waals surface area contributed by atoms with Crippen molar-refractivity contribution in [2.24, 2.45) is 11.8 Å². The second-order valence-corrected chi connectivity index (χ2v) is 15.8. The Balaban J connectivity index is 2.80. The van der Waals surface area contributed by atoms with Crippen LogP contribution < -0.4 is 4.74 Å². The summed E-state index contributed by atoms with van der Waals surface area (Å²) in [7, 11) is -0.176. The zero-order valence-corrected chi connectivity index (χ0v) is 22.3. The van der Waals surface area contributed by atoms with Gasteiger partial charge in [0.1, 0.15) is 5.75 Å². The topological polar surface area (TPSA) is 27.7 Å². The third-order valence-electron chi connectivity index (χ3n) is 5.62. The molecule has 160 valence electrons. The Morgan fingerprint density at radius 3 is 2.18 bits per heavy atom. The number of hydrogen-bond donors (Lipinski definition) is 0. The van der Waals surface area contributed by atoms with Crippen LogP contribution in [0.4, 0.5) is 0 Å². The highest BCUT2D eigenvalue weighted by Gasteiger charge is 2.41. The number of halogens is 1. The van der Waals surface area contributed by atoms with Crippen molar-refractivity contribution in [3.8, 4) is 5.75 Å². The molecule has 0 heterocycles. The molecule has 0 fully saturated rings. The van der Waals surface area contributed by atoms with Gasteiger partial charge in [-0.1, -0.05) is 52.8 Å². The largest absolute Gasteiger partial charge is 0.497 e. The van der Waals surface area contributed by atoms with Gasteiger partial charge in [0.2, 0.25) is 0 Å². The quantitative estimate of drug-likeness (QED) is 0.242. The zero-order chi connectivity index (χ0) is 21.5. The van der Waals surface area contributed by atoms with Crippen LogP contribution in [0.5, 0.6) is 5.75 Å². The van der Waals surface area contributed by atoms with E-state index in [2.05, 4.69) is 95.4 Å². The smallest absolute Gasteiger partial charge is 0.192 e. The van der Waals surface area contributed by atoms with Crippen molar-refractivity contribution in [2.45, 2.75) is 72.4 Å². The first kappa shape index (κ1) is 25.7. The van der Waals surface area contributed by atoms with Crippen molar-refractivity contribution in [3.63, 3.8) is 0 Å². The summed E-state index contributed by atoms with van der Waals surface area (Å²) in [5.74, 6) is 1.54. The zero-order valence-electron chi connectivity index (χ0n) is 19.1. The highest BCUT2D eigenvalue weighted by atomic mass is 127. The maximum Gasteiger partial charge on any atom is 0.192 e. The van der Waals surface area contributed by atoms with Crippen LogP contribution in [0.15, 0.2) is 33.9 Å². The van der Waals surface area contributed by atoms with E-state index >= 15 is 0 Å². The molecule has 3 nitrogen and oxygen atoms in total. The Kier molecular flexibility index (Phi) is 10.2. The summed E-state index contributed by atoms with van der Waals surface area (Å²) in [5.41, 5.74) is 1.16. The molecule has 1 aromatic rings. The molecule has 0 radical (unpaired) electrons. The molecule has 0 amide bonds. The summed E-state index contributed by atoms with van der Waals surface area (Å²) in [4.78, 5) is 0. The highest BCUT2D eigenvalue weighted by molar-refractivity contribution is 14.1. The molecular weight excluding hydrogens is 479 g/mol. The van der Waals surface area contributed by atoms with Gasteiger partial charge in [-0.3, -0.25) is 0 Å². The average molecular weight is 519 g/mol. The molecule has 0 bridgehead atoms. The molecule has 0 unspecified atom stereocenters. The lowest BCUT2D eigenvalue weighted by Gasteiger charge is -2.42. The molecule has 0 saturated heterocycles. The van der Waals surface area contributed by atoms with E-state index in [1.807, 2.05) is 12.1 Å². The second-order valence-electron chi connectivity index (χ2n) is 9.30. The Labute approximate surface area is 187 Å². The van der Waals surface area contributed by atoms with E-state index in [0.717, 1.165) is 11.3 Å². The number of allylic oxidation sites excluding steroid dienone is 1. The molecule has 0 aliphatic carbocycles. The van der Waals surface area contributed by atoms with Gasteiger partial charge in [0.15, 0.2) is 8.32 Å². The van der Waals surface area contributed by atoms with E-state index in [-0.39, 0.29) is 11.1 Å². The lowest BCUT2D eigenvalue weighted by Crippen LogP contribution is -2.47. The summed E-state index contributed by atoms with van der Waals surface area (Å²) in [6.07, 6.45) is 2.47. The van der Waals surface area contributed by atoms with E-state index in [1.165, 1.54) is 3.58 Å². The molecule has 0 aliphatic heterocycles. The first-order chi connectivity index (χ1) is 12.9. The lowest BCUT2D eigenvalue weighted by atomic mass is 9.94. The SMILES string of the molecule is COc1ccc(COC[C@H](C)[C@@H](O[Si](C)(C)C(C)(C)C)[C@@H](C)/C=C(/C)I)cc1. The molecule has 1 rings (SSSR count). The van der Waals surface area contributed by atoms with Crippen molar-refractivity contribution < 1.29 is 13.9 Å². The Hall–Kier alpha value is -0.373. The Morgan fingerprint density at radius 2 is 1.71 bits per heavy atom. The van der Waals surface area contributed by atoms with E-state index in [1.54, 1.807) is 7.11 Å².